The Morgan fingerprint density at radius 1 is 1.46 bits per heavy atom. The molecule has 1 amide bonds. The van der Waals surface area contributed by atoms with Crippen LogP contribution in [0.2, 0.25) is 0 Å². The van der Waals surface area contributed by atoms with Gasteiger partial charge in [-0.15, -0.1) is 0 Å². The predicted molar refractivity (Wildman–Crippen MR) is 93.2 cm³/mol. The summed E-state index contributed by atoms with van der Waals surface area (Å²) < 4.78 is 26.6. The molecule has 0 saturated carbocycles. The molecule has 2 aromatic heterocycles. The summed E-state index contributed by atoms with van der Waals surface area (Å²) in [5, 5.41) is 6.92. The number of hydrogen-bond acceptors (Lipinski definition) is 5. The maximum Gasteiger partial charge on any atom is 0.274 e. The van der Waals surface area contributed by atoms with Crippen molar-refractivity contribution in [3.63, 3.8) is 0 Å². The summed E-state index contributed by atoms with van der Waals surface area (Å²) in [6, 6.07) is 2.51. The zero-order chi connectivity index (χ0) is 18.4. The highest BCUT2D eigenvalue weighted by Crippen LogP contribution is 2.36. The number of halogens is 2. The van der Waals surface area contributed by atoms with Gasteiger partial charge in [0.2, 0.25) is 5.89 Å². The van der Waals surface area contributed by atoms with Crippen molar-refractivity contribution in [1.82, 2.24) is 20.1 Å². The third-order valence-electron chi connectivity index (χ3n) is 4.10. The maximum absolute atomic E-state index is 13.6. The van der Waals surface area contributed by atoms with Crippen LogP contribution in [-0.4, -0.2) is 27.3 Å². The monoisotopic (exact) mass is 420 g/mol. The second kappa shape index (κ2) is 6.24. The Bertz CT molecular complexity index is 1010. The molecular formula is C17H14BrFN4O3. The van der Waals surface area contributed by atoms with Gasteiger partial charge >= 0.3 is 0 Å². The summed E-state index contributed by atoms with van der Waals surface area (Å²) in [5.41, 5.74) is 1.59. The quantitative estimate of drug-likeness (QED) is 0.703. The molecule has 3 aromatic rings. The third-order valence-corrected chi connectivity index (χ3v) is 4.71. The molecule has 1 aliphatic rings. The number of carbonyl (C=O) groups excluding carboxylic acids is 1. The summed E-state index contributed by atoms with van der Waals surface area (Å²) in [7, 11) is 1.78. The molecule has 1 aromatic carbocycles. The van der Waals surface area contributed by atoms with Crippen LogP contribution in [0.1, 0.15) is 27.9 Å². The van der Waals surface area contributed by atoms with Crippen LogP contribution < -0.4 is 10.1 Å². The van der Waals surface area contributed by atoms with E-state index in [4.69, 9.17) is 9.15 Å². The largest absolute Gasteiger partial charge is 0.491 e. The Hall–Kier alpha value is -2.68. The highest BCUT2D eigenvalue weighted by molar-refractivity contribution is 9.10. The van der Waals surface area contributed by atoms with Gasteiger partial charge in [0.25, 0.3) is 5.91 Å². The lowest BCUT2D eigenvalue weighted by atomic mass is 10.1. The fourth-order valence-corrected chi connectivity index (χ4v) is 3.17. The third kappa shape index (κ3) is 2.88. The molecule has 1 unspecified atom stereocenters. The van der Waals surface area contributed by atoms with Gasteiger partial charge in [0.05, 0.1) is 22.3 Å². The lowest BCUT2D eigenvalue weighted by Gasteiger charge is -2.11. The molecule has 4 rings (SSSR count). The van der Waals surface area contributed by atoms with E-state index in [2.05, 4.69) is 31.3 Å². The van der Waals surface area contributed by atoms with Crippen LogP contribution in [0.15, 0.2) is 33.4 Å². The first-order valence-electron chi connectivity index (χ1n) is 7.81. The molecule has 1 N–H and O–H groups in total. The van der Waals surface area contributed by atoms with Crippen LogP contribution in [0.5, 0.6) is 5.75 Å². The summed E-state index contributed by atoms with van der Waals surface area (Å²) >= 11 is 3.15. The molecule has 9 heteroatoms. The highest BCUT2D eigenvalue weighted by atomic mass is 79.9. The number of hydrogen-bond donors (Lipinski definition) is 1. The standard InChI is InChI=1S/C17H14BrFN4O3/c1-8-15(22-17(26-8)9-5-20-23(2)6-9)16(24)21-13-7-25-14-4-12(19)11(18)3-10(13)14/h3-6,13H,7H2,1-2H3,(H,21,24). The Morgan fingerprint density at radius 2 is 2.27 bits per heavy atom. The number of benzene rings is 1. The van der Waals surface area contributed by atoms with Crippen LogP contribution in [0, 0.1) is 12.7 Å². The van der Waals surface area contributed by atoms with E-state index in [1.807, 2.05) is 0 Å². The molecule has 1 aliphatic heterocycles. The maximum atomic E-state index is 13.6. The van der Waals surface area contributed by atoms with Crippen molar-refractivity contribution in [2.75, 3.05) is 6.61 Å². The van der Waals surface area contributed by atoms with Gasteiger partial charge < -0.3 is 14.5 Å². The lowest BCUT2D eigenvalue weighted by molar-refractivity contribution is 0.0924. The van der Waals surface area contributed by atoms with E-state index in [-0.39, 0.29) is 18.2 Å². The van der Waals surface area contributed by atoms with Gasteiger partial charge in [-0.25, -0.2) is 9.37 Å². The van der Waals surface area contributed by atoms with Crippen molar-refractivity contribution < 1.29 is 18.3 Å². The Morgan fingerprint density at radius 3 is 3.00 bits per heavy atom. The van der Waals surface area contributed by atoms with Gasteiger partial charge in [0, 0.05) is 24.9 Å². The topological polar surface area (TPSA) is 82.2 Å². The second-order valence-corrected chi connectivity index (χ2v) is 6.82. The molecule has 0 saturated heterocycles. The molecule has 0 spiro atoms. The molecule has 26 heavy (non-hydrogen) atoms. The molecule has 0 fully saturated rings. The summed E-state index contributed by atoms with van der Waals surface area (Å²) in [6.45, 7) is 1.90. The highest BCUT2D eigenvalue weighted by Gasteiger charge is 2.29. The number of rotatable bonds is 3. The van der Waals surface area contributed by atoms with Crippen molar-refractivity contribution in [3.05, 3.63) is 51.8 Å². The first-order chi connectivity index (χ1) is 12.4. The molecule has 134 valence electrons. The van der Waals surface area contributed by atoms with Crippen LogP contribution >= 0.6 is 15.9 Å². The zero-order valence-electron chi connectivity index (χ0n) is 13.9. The van der Waals surface area contributed by atoms with Crippen LogP contribution in [0.25, 0.3) is 11.5 Å². The van der Waals surface area contributed by atoms with Gasteiger partial charge in [-0.2, -0.15) is 5.10 Å². The van der Waals surface area contributed by atoms with Gasteiger partial charge in [0.1, 0.15) is 23.9 Å². The number of fused-ring (bicyclic) bond motifs is 1. The van der Waals surface area contributed by atoms with Gasteiger partial charge in [-0.05, 0) is 28.9 Å². The Kier molecular flexibility index (Phi) is 4.03. The SMILES string of the molecule is Cc1oc(-c2cnn(C)c2)nc1C(=O)NC1COc2cc(F)c(Br)cc21. The predicted octanol–water partition coefficient (Wildman–Crippen LogP) is 3.15. The number of nitrogens with one attached hydrogen (secondary N) is 1. The number of nitrogens with zero attached hydrogens (tertiary/aromatic N) is 3. The van der Waals surface area contributed by atoms with E-state index in [0.29, 0.717) is 33.0 Å². The number of aryl methyl sites for hydroxylation is 2. The van der Waals surface area contributed by atoms with E-state index in [0.717, 1.165) is 0 Å². The lowest BCUT2D eigenvalue weighted by Crippen LogP contribution is -2.30. The normalized spacial score (nSPS) is 15.6. The average molecular weight is 421 g/mol. The summed E-state index contributed by atoms with van der Waals surface area (Å²) in [4.78, 5) is 16.9. The minimum atomic E-state index is -0.413. The van der Waals surface area contributed by atoms with Crippen molar-refractivity contribution in [2.24, 2.45) is 7.05 Å². The minimum Gasteiger partial charge on any atom is -0.491 e. The molecule has 0 radical (unpaired) electrons. The molecule has 7 nitrogen and oxygen atoms in total. The second-order valence-electron chi connectivity index (χ2n) is 5.97. The van der Waals surface area contributed by atoms with Crippen molar-refractivity contribution in [1.29, 1.82) is 0 Å². The molecule has 0 aliphatic carbocycles. The average Bonchev–Trinajstić information content (AvgIpc) is 3.28. The van der Waals surface area contributed by atoms with E-state index in [1.54, 1.807) is 37.1 Å². The molecular weight excluding hydrogens is 407 g/mol. The fraction of sp³-hybridized carbons (Fsp3) is 0.235. The molecule has 0 bridgehead atoms. The molecule has 3 heterocycles. The van der Waals surface area contributed by atoms with Gasteiger partial charge in [0.15, 0.2) is 5.69 Å². The van der Waals surface area contributed by atoms with E-state index >= 15 is 0 Å². The first kappa shape index (κ1) is 16.8. The fourth-order valence-electron chi connectivity index (χ4n) is 2.81. The van der Waals surface area contributed by atoms with Crippen molar-refractivity contribution >= 4 is 21.8 Å². The van der Waals surface area contributed by atoms with Gasteiger partial charge in [-0.3, -0.25) is 9.48 Å². The minimum absolute atomic E-state index is 0.193. The van der Waals surface area contributed by atoms with E-state index in [1.165, 1.54) is 6.07 Å². The van der Waals surface area contributed by atoms with Crippen molar-refractivity contribution in [2.45, 2.75) is 13.0 Å². The smallest absolute Gasteiger partial charge is 0.274 e. The van der Waals surface area contributed by atoms with Crippen LogP contribution in [0.4, 0.5) is 4.39 Å². The van der Waals surface area contributed by atoms with Crippen LogP contribution in [-0.2, 0) is 7.05 Å². The number of aromatic nitrogens is 3. The first-order valence-corrected chi connectivity index (χ1v) is 8.60. The number of amides is 1. The summed E-state index contributed by atoms with van der Waals surface area (Å²) in [6.07, 6.45) is 3.36. The van der Waals surface area contributed by atoms with E-state index < -0.39 is 11.9 Å². The van der Waals surface area contributed by atoms with Crippen molar-refractivity contribution in [3.8, 4) is 17.2 Å². The zero-order valence-corrected chi connectivity index (χ0v) is 15.5. The van der Waals surface area contributed by atoms with Crippen LogP contribution in [0.3, 0.4) is 0 Å². The Balaban J connectivity index is 1.57. The van der Waals surface area contributed by atoms with Gasteiger partial charge in [-0.1, -0.05) is 0 Å². The number of carbonyl (C=O) groups is 1. The molecule has 1 atom stereocenters. The number of ether oxygens (including phenoxy) is 1. The number of oxazole rings is 1. The van der Waals surface area contributed by atoms with E-state index in [9.17, 15) is 9.18 Å². The summed E-state index contributed by atoms with van der Waals surface area (Å²) in [5.74, 6) is 0.353. The Labute approximate surface area is 156 Å².